The maximum Gasteiger partial charge on any atom is 0.219 e. The minimum Gasteiger partial charge on any atom is -0.355 e. The number of carbonyl (C=O) groups is 1. The molecule has 4 heterocycles. The number of anilines is 1. The van der Waals surface area contributed by atoms with Crippen molar-refractivity contribution in [1.29, 1.82) is 0 Å². The van der Waals surface area contributed by atoms with E-state index in [-0.39, 0.29) is 11.9 Å². The van der Waals surface area contributed by atoms with Gasteiger partial charge in [0.1, 0.15) is 11.5 Å². The van der Waals surface area contributed by atoms with Crippen LogP contribution in [0.5, 0.6) is 0 Å². The molecule has 2 N–H and O–H groups in total. The summed E-state index contributed by atoms with van der Waals surface area (Å²) in [6.45, 7) is 4.55. The Balaban J connectivity index is 1.80. The summed E-state index contributed by atoms with van der Waals surface area (Å²) >= 11 is 0. The van der Waals surface area contributed by atoms with Crippen molar-refractivity contribution in [1.82, 2.24) is 19.9 Å². The number of amides is 1. The number of hydrogen-bond acceptors (Lipinski definition) is 6. The lowest BCUT2D eigenvalue weighted by molar-refractivity contribution is -0.129. The predicted octanol–water partition coefficient (Wildman–Crippen LogP) is 0.981. The smallest absolute Gasteiger partial charge is 0.219 e. The molecule has 7 nitrogen and oxygen atoms in total. The summed E-state index contributed by atoms with van der Waals surface area (Å²) in [6.07, 6.45) is 3.49. The molecular formula is C18H22N6O. The van der Waals surface area contributed by atoms with Gasteiger partial charge in [-0.2, -0.15) is 0 Å². The lowest BCUT2D eigenvalue weighted by Gasteiger charge is -2.30. The molecule has 0 radical (unpaired) electrons. The highest BCUT2D eigenvalue weighted by molar-refractivity contribution is 5.74. The van der Waals surface area contributed by atoms with Crippen molar-refractivity contribution in [3.8, 4) is 11.5 Å². The molecule has 2 aromatic rings. The second-order valence-electron chi connectivity index (χ2n) is 6.70. The molecule has 4 rings (SSSR count). The Morgan fingerprint density at radius 2 is 2.16 bits per heavy atom. The lowest BCUT2D eigenvalue weighted by Crippen LogP contribution is -2.37. The van der Waals surface area contributed by atoms with E-state index in [1.807, 2.05) is 23.1 Å². The summed E-state index contributed by atoms with van der Waals surface area (Å²) in [5.41, 5.74) is 8.91. The summed E-state index contributed by atoms with van der Waals surface area (Å²) < 4.78 is 0. The molecule has 0 aliphatic carbocycles. The number of rotatable bonds is 2. The highest BCUT2D eigenvalue weighted by Crippen LogP contribution is 2.30. The normalized spacial score (nSPS) is 19.8. The van der Waals surface area contributed by atoms with Crippen LogP contribution in [0.4, 0.5) is 5.82 Å². The van der Waals surface area contributed by atoms with E-state index < -0.39 is 0 Å². The van der Waals surface area contributed by atoms with Gasteiger partial charge in [0.25, 0.3) is 0 Å². The van der Waals surface area contributed by atoms with Crippen molar-refractivity contribution in [2.75, 3.05) is 24.5 Å². The minimum atomic E-state index is 0.0772. The van der Waals surface area contributed by atoms with E-state index in [9.17, 15) is 4.79 Å². The maximum atomic E-state index is 11.8. The second kappa shape index (κ2) is 6.40. The van der Waals surface area contributed by atoms with E-state index >= 15 is 0 Å². The first kappa shape index (κ1) is 16.0. The van der Waals surface area contributed by atoms with Crippen LogP contribution < -0.4 is 10.6 Å². The van der Waals surface area contributed by atoms with E-state index in [2.05, 4.69) is 9.88 Å². The third kappa shape index (κ3) is 3.07. The lowest BCUT2D eigenvalue weighted by atomic mass is 10.0. The molecule has 2 aromatic heterocycles. The van der Waals surface area contributed by atoms with E-state index in [0.717, 1.165) is 48.7 Å². The van der Waals surface area contributed by atoms with Gasteiger partial charge in [-0.1, -0.05) is 6.07 Å². The van der Waals surface area contributed by atoms with Gasteiger partial charge >= 0.3 is 0 Å². The van der Waals surface area contributed by atoms with Gasteiger partial charge in [-0.25, -0.2) is 9.97 Å². The molecule has 2 aliphatic heterocycles. The van der Waals surface area contributed by atoms with Crippen molar-refractivity contribution >= 4 is 11.7 Å². The number of hydrogen-bond donors (Lipinski definition) is 1. The largest absolute Gasteiger partial charge is 0.355 e. The fourth-order valence-corrected chi connectivity index (χ4v) is 3.53. The van der Waals surface area contributed by atoms with Crippen molar-refractivity contribution in [3.05, 3.63) is 35.7 Å². The molecule has 1 atom stereocenters. The average Bonchev–Trinajstić information content (AvgIpc) is 3.07. The Kier molecular flexibility index (Phi) is 4.09. The van der Waals surface area contributed by atoms with Gasteiger partial charge in [-0.3, -0.25) is 9.78 Å². The second-order valence-corrected chi connectivity index (χ2v) is 6.70. The molecule has 0 spiro atoms. The van der Waals surface area contributed by atoms with Crippen molar-refractivity contribution in [3.63, 3.8) is 0 Å². The van der Waals surface area contributed by atoms with Crippen LogP contribution in [0.15, 0.2) is 24.4 Å². The van der Waals surface area contributed by atoms with Crippen LogP contribution in [-0.4, -0.2) is 51.4 Å². The Morgan fingerprint density at radius 3 is 2.84 bits per heavy atom. The van der Waals surface area contributed by atoms with Crippen LogP contribution in [-0.2, 0) is 17.8 Å². The van der Waals surface area contributed by atoms with E-state index in [1.165, 1.54) is 0 Å². The van der Waals surface area contributed by atoms with Crippen molar-refractivity contribution in [2.45, 2.75) is 32.4 Å². The molecule has 130 valence electrons. The summed E-state index contributed by atoms with van der Waals surface area (Å²) in [5.74, 6) is 1.65. The van der Waals surface area contributed by atoms with Gasteiger partial charge in [-0.05, 0) is 25.0 Å². The summed E-state index contributed by atoms with van der Waals surface area (Å²) in [4.78, 5) is 29.8. The highest BCUT2D eigenvalue weighted by Gasteiger charge is 2.29. The number of aromatic nitrogens is 3. The van der Waals surface area contributed by atoms with Gasteiger partial charge < -0.3 is 15.5 Å². The molecule has 1 amide bonds. The fraction of sp³-hybridized carbons (Fsp3) is 0.444. The van der Waals surface area contributed by atoms with Crippen molar-refractivity contribution in [2.24, 2.45) is 5.73 Å². The zero-order chi connectivity index (χ0) is 17.4. The number of pyridine rings is 1. The molecular weight excluding hydrogens is 316 g/mol. The first-order valence-corrected chi connectivity index (χ1v) is 8.69. The molecule has 7 heteroatoms. The Bertz CT molecular complexity index is 794. The van der Waals surface area contributed by atoms with Gasteiger partial charge in [0.05, 0.1) is 12.2 Å². The van der Waals surface area contributed by atoms with Gasteiger partial charge in [0.2, 0.25) is 5.91 Å². The number of fused-ring (bicyclic) bond motifs is 1. The fourth-order valence-electron chi connectivity index (χ4n) is 3.53. The molecule has 0 saturated carbocycles. The molecule has 0 aromatic carbocycles. The molecule has 0 unspecified atom stereocenters. The van der Waals surface area contributed by atoms with Crippen LogP contribution in [0.2, 0.25) is 0 Å². The van der Waals surface area contributed by atoms with Gasteiger partial charge in [0.15, 0.2) is 5.82 Å². The van der Waals surface area contributed by atoms with Crippen LogP contribution in [0.1, 0.15) is 24.6 Å². The Morgan fingerprint density at radius 1 is 1.28 bits per heavy atom. The monoisotopic (exact) mass is 338 g/mol. The number of nitrogens with zero attached hydrogens (tertiary/aromatic N) is 5. The zero-order valence-corrected chi connectivity index (χ0v) is 14.4. The highest BCUT2D eigenvalue weighted by atomic mass is 16.2. The first-order valence-electron chi connectivity index (χ1n) is 8.69. The third-order valence-electron chi connectivity index (χ3n) is 4.91. The third-order valence-corrected chi connectivity index (χ3v) is 4.91. The van der Waals surface area contributed by atoms with Crippen molar-refractivity contribution < 1.29 is 4.79 Å². The SMILES string of the molecule is CC(=O)N1CCc2c(nc(-c3ccccn3)nc2N2CC[C@@H](N)C2)C1. The van der Waals surface area contributed by atoms with Crippen LogP contribution in [0.3, 0.4) is 0 Å². The summed E-state index contributed by atoms with van der Waals surface area (Å²) in [6, 6.07) is 5.90. The molecule has 1 fully saturated rings. The molecule has 0 bridgehead atoms. The van der Waals surface area contributed by atoms with E-state index in [4.69, 9.17) is 15.7 Å². The van der Waals surface area contributed by atoms with Gasteiger partial charge in [0, 0.05) is 44.4 Å². The van der Waals surface area contributed by atoms with E-state index in [1.54, 1.807) is 13.1 Å². The zero-order valence-electron chi connectivity index (χ0n) is 14.4. The van der Waals surface area contributed by atoms with Crippen LogP contribution in [0.25, 0.3) is 11.5 Å². The van der Waals surface area contributed by atoms with E-state index in [0.29, 0.717) is 18.9 Å². The topological polar surface area (TPSA) is 88.2 Å². The molecule has 2 aliphatic rings. The van der Waals surface area contributed by atoms with Crippen LogP contribution in [0, 0.1) is 0 Å². The summed E-state index contributed by atoms with van der Waals surface area (Å²) in [5, 5.41) is 0. The van der Waals surface area contributed by atoms with Gasteiger partial charge in [-0.15, -0.1) is 0 Å². The number of carbonyl (C=O) groups excluding carboxylic acids is 1. The Hall–Kier alpha value is -2.54. The summed E-state index contributed by atoms with van der Waals surface area (Å²) in [7, 11) is 0. The maximum absolute atomic E-state index is 11.8. The average molecular weight is 338 g/mol. The Labute approximate surface area is 146 Å². The quantitative estimate of drug-likeness (QED) is 0.878. The van der Waals surface area contributed by atoms with Crippen LogP contribution >= 0.6 is 0 Å². The first-order chi connectivity index (χ1) is 12.1. The standard InChI is InChI=1S/C18H22N6O/c1-12(25)23-9-6-14-16(11-23)21-17(15-4-2-3-7-20-15)22-18(14)24-8-5-13(19)10-24/h2-4,7,13H,5-6,8-11,19H2,1H3/t13-/m1/s1. The molecule has 1 saturated heterocycles. The number of nitrogens with two attached hydrogens (primary N) is 1. The predicted molar refractivity (Wildman–Crippen MR) is 94.9 cm³/mol. The minimum absolute atomic E-state index is 0.0772. The molecule has 25 heavy (non-hydrogen) atoms.